The van der Waals surface area contributed by atoms with E-state index in [1.54, 1.807) is 0 Å². The van der Waals surface area contributed by atoms with Gasteiger partial charge >= 0.3 is 0 Å². The van der Waals surface area contributed by atoms with Crippen molar-refractivity contribution in [1.82, 2.24) is 5.32 Å². The molecule has 0 radical (unpaired) electrons. The van der Waals surface area contributed by atoms with Crippen molar-refractivity contribution in [2.75, 3.05) is 26.4 Å². The number of nitrogens with one attached hydrogen (secondary N) is 1. The van der Waals surface area contributed by atoms with Gasteiger partial charge in [-0.3, -0.25) is 0 Å². The maximum Gasteiger partial charge on any atom is 0.0897 e. The zero-order valence-electron chi connectivity index (χ0n) is 13.4. The van der Waals surface area contributed by atoms with Crippen LogP contribution in [0.25, 0.3) is 0 Å². The van der Waals surface area contributed by atoms with Crippen molar-refractivity contribution < 1.29 is 14.6 Å². The second kappa shape index (κ2) is 10.6. The van der Waals surface area contributed by atoms with Crippen LogP contribution in [0.1, 0.15) is 52.9 Å². The minimum atomic E-state index is -0.431. The van der Waals surface area contributed by atoms with E-state index >= 15 is 0 Å². The van der Waals surface area contributed by atoms with E-state index in [1.807, 2.05) is 6.92 Å². The lowest BCUT2D eigenvalue weighted by Gasteiger charge is -2.26. The van der Waals surface area contributed by atoms with E-state index < -0.39 is 6.10 Å². The highest BCUT2D eigenvalue weighted by Crippen LogP contribution is 2.20. The third kappa shape index (κ3) is 7.58. The molecule has 0 aromatic carbocycles. The van der Waals surface area contributed by atoms with Crippen LogP contribution in [0.2, 0.25) is 0 Å². The lowest BCUT2D eigenvalue weighted by Crippen LogP contribution is -2.43. The minimum Gasteiger partial charge on any atom is -0.389 e. The summed E-state index contributed by atoms with van der Waals surface area (Å²) < 4.78 is 11.3. The standard InChI is InChI=1S/C16H33NO3/c1-4-19-12-16(13(2)3)17-10-14(18)11-20-15-8-6-5-7-9-15/h13-18H,4-12H2,1-3H3. The molecule has 1 aliphatic carbocycles. The van der Waals surface area contributed by atoms with Crippen LogP contribution in [0.3, 0.4) is 0 Å². The molecule has 0 saturated heterocycles. The summed E-state index contributed by atoms with van der Waals surface area (Å²) in [6.45, 7) is 8.79. The maximum absolute atomic E-state index is 10.0. The van der Waals surface area contributed by atoms with Crippen molar-refractivity contribution in [3.05, 3.63) is 0 Å². The zero-order chi connectivity index (χ0) is 14.8. The molecule has 0 amide bonds. The van der Waals surface area contributed by atoms with Crippen molar-refractivity contribution in [3.8, 4) is 0 Å². The predicted octanol–water partition coefficient (Wildman–Crippen LogP) is 2.35. The van der Waals surface area contributed by atoms with Crippen molar-refractivity contribution in [2.24, 2.45) is 5.92 Å². The van der Waals surface area contributed by atoms with Crippen molar-refractivity contribution >= 4 is 0 Å². The summed E-state index contributed by atoms with van der Waals surface area (Å²) in [7, 11) is 0. The molecule has 2 N–H and O–H groups in total. The molecule has 1 rings (SSSR count). The Morgan fingerprint density at radius 3 is 2.45 bits per heavy atom. The van der Waals surface area contributed by atoms with Crippen LogP contribution >= 0.6 is 0 Å². The summed E-state index contributed by atoms with van der Waals surface area (Å²) in [4.78, 5) is 0. The number of hydrogen-bond donors (Lipinski definition) is 2. The Morgan fingerprint density at radius 1 is 1.15 bits per heavy atom. The van der Waals surface area contributed by atoms with Gasteiger partial charge in [0.05, 0.1) is 25.4 Å². The Labute approximate surface area is 124 Å². The highest BCUT2D eigenvalue weighted by molar-refractivity contribution is 4.73. The normalized spacial score (nSPS) is 20.2. The fraction of sp³-hybridized carbons (Fsp3) is 1.00. The molecule has 0 aliphatic heterocycles. The Balaban J connectivity index is 2.14. The van der Waals surface area contributed by atoms with Crippen LogP contribution in [0.15, 0.2) is 0 Å². The maximum atomic E-state index is 10.0. The van der Waals surface area contributed by atoms with E-state index in [0.717, 1.165) is 19.4 Å². The summed E-state index contributed by atoms with van der Waals surface area (Å²) in [5.41, 5.74) is 0. The van der Waals surface area contributed by atoms with E-state index in [0.29, 0.717) is 37.8 Å². The van der Waals surface area contributed by atoms with Crippen LogP contribution in [-0.2, 0) is 9.47 Å². The SMILES string of the molecule is CCOCC(NCC(O)COC1CCCCC1)C(C)C. The van der Waals surface area contributed by atoms with Gasteiger partial charge in [0.1, 0.15) is 0 Å². The first-order valence-electron chi connectivity index (χ1n) is 8.24. The second-order valence-corrected chi connectivity index (χ2v) is 6.17. The van der Waals surface area contributed by atoms with E-state index in [1.165, 1.54) is 19.3 Å². The van der Waals surface area contributed by atoms with E-state index in [9.17, 15) is 5.11 Å². The molecule has 20 heavy (non-hydrogen) atoms. The summed E-state index contributed by atoms with van der Waals surface area (Å²) in [5.74, 6) is 0.494. The van der Waals surface area contributed by atoms with Gasteiger partial charge in [0, 0.05) is 19.2 Å². The molecule has 4 nitrogen and oxygen atoms in total. The zero-order valence-corrected chi connectivity index (χ0v) is 13.4. The molecule has 2 unspecified atom stereocenters. The summed E-state index contributed by atoms with van der Waals surface area (Å²) in [5, 5.41) is 13.4. The van der Waals surface area contributed by atoms with Crippen LogP contribution in [-0.4, -0.2) is 49.7 Å². The lowest BCUT2D eigenvalue weighted by molar-refractivity contribution is -0.0249. The van der Waals surface area contributed by atoms with E-state index in [2.05, 4.69) is 19.2 Å². The van der Waals surface area contributed by atoms with E-state index in [4.69, 9.17) is 9.47 Å². The Hall–Kier alpha value is -0.160. The second-order valence-electron chi connectivity index (χ2n) is 6.17. The first-order valence-corrected chi connectivity index (χ1v) is 8.24. The van der Waals surface area contributed by atoms with Gasteiger partial charge in [0.15, 0.2) is 0 Å². The number of hydrogen-bond acceptors (Lipinski definition) is 4. The molecule has 0 heterocycles. The number of aliphatic hydroxyl groups excluding tert-OH is 1. The average Bonchev–Trinajstić information content (AvgIpc) is 2.46. The van der Waals surface area contributed by atoms with Gasteiger partial charge in [-0.25, -0.2) is 0 Å². The molecule has 1 saturated carbocycles. The largest absolute Gasteiger partial charge is 0.389 e. The van der Waals surface area contributed by atoms with E-state index in [-0.39, 0.29) is 0 Å². The molecule has 1 aliphatic rings. The van der Waals surface area contributed by atoms with Gasteiger partial charge in [-0.2, -0.15) is 0 Å². The van der Waals surface area contributed by atoms with Gasteiger partial charge in [-0.1, -0.05) is 33.1 Å². The third-order valence-corrected chi connectivity index (χ3v) is 4.00. The van der Waals surface area contributed by atoms with Crippen LogP contribution < -0.4 is 5.32 Å². The van der Waals surface area contributed by atoms with Crippen molar-refractivity contribution in [3.63, 3.8) is 0 Å². The molecule has 0 bridgehead atoms. The van der Waals surface area contributed by atoms with Crippen molar-refractivity contribution in [1.29, 1.82) is 0 Å². The van der Waals surface area contributed by atoms with Crippen LogP contribution in [0.4, 0.5) is 0 Å². The molecular formula is C16H33NO3. The van der Waals surface area contributed by atoms with Gasteiger partial charge < -0.3 is 19.9 Å². The Morgan fingerprint density at radius 2 is 1.85 bits per heavy atom. The Kier molecular flexibility index (Phi) is 9.44. The molecule has 0 spiro atoms. The highest BCUT2D eigenvalue weighted by Gasteiger charge is 2.17. The lowest BCUT2D eigenvalue weighted by atomic mass is 9.98. The Bertz CT molecular complexity index is 230. The molecule has 1 fully saturated rings. The molecule has 0 aromatic rings. The molecule has 0 aromatic heterocycles. The summed E-state index contributed by atoms with van der Waals surface area (Å²) >= 11 is 0. The quantitative estimate of drug-likeness (QED) is 0.647. The molecule has 2 atom stereocenters. The number of rotatable bonds is 10. The smallest absolute Gasteiger partial charge is 0.0897 e. The average molecular weight is 287 g/mol. The summed E-state index contributed by atoms with van der Waals surface area (Å²) in [6, 6.07) is 0.291. The monoisotopic (exact) mass is 287 g/mol. The van der Waals surface area contributed by atoms with Crippen LogP contribution in [0.5, 0.6) is 0 Å². The first kappa shape index (κ1) is 17.9. The van der Waals surface area contributed by atoms with Gasteiger partial charge in [0.2, 0.25) is 0 Å². The fourth-order valence-electron chi connectivity index (χ4n) is 2.56. The summed E-state index contributed by atoms with van der Waals surface area (Å²) in [6.07, 6.45) is 6.10. The predicted molar refractivity (Wildman–Crippen MR) is 82.0 cm³/mol. The fourth-order valence-corrected chi connectivity index (χ4v) is 2.56. The van der Waals surface area contributed by atoms with Crippen LogP contribution in [0, 0.1) is 5.92 Å². The molecule has 120 valence electrons. The van der Waals surface area contributed by atoms with Gasteiger partial charge in [-0.05, 0) is 25.7 Å². The molecule has 4 heteroatoms. The third-order valence-electron chi connectivity index (χ3n) is 4.00. The minimum absolute atomic E-state index is 0.291. The highest BCUT2D eigenvalue weighted by atomic mass is 16.5. The first-order chi connectivity index (χ1) is 9.63. The van der Waals surface area contributed by atoms with Gasteiger partial charge in [0.25, 0.3) is 0 Å². The molecular weight excluding hydrogens is 254 g/mol. The topological polar surface area (TPSA) is 50.7 Å². The number of ether oxygens (including phenoxy) is 2. The van der Waals surface area contributed by atoms with Crippen molar-refractivity contribution in [2.45, 2.75) is 71.1 Å². The van der Waals surface area contributed by atoms with Gasteiger partial charge in [-0.15, -0.1) is 0 Å². The number of aliphatic hydroxyl groups is 1.